The zero-order valence-electron chi connectivity index (χ0n) is 10.9. The van der Waals surface area contributed by atoms with Gasteiger partial charge in [0.25, 0.3) is 10.0 Å². The van der Waals surface area contributed by atoms with Gasteiger partial charge in [0.1, 0.15) is 10.6 Å². The van der Waals surface area contributed by atoms with Crippen molar-refractivity contribution in [2.75, 3.05) is 4.72 Å². The van der Waals surface area contributed by atoms with Gasteiger partial charge in [-0.1, -0.05) is 11.6 Å². The number of hydrogen-bond acceptors (Lipinski definition) is 4. The smallest absolute Gasteiger partial charge is 0.352 e. The molecule has 0 aliphatic rings. The third-order valence-electron chi connectivity index (χ3n) is 2.75. The van der Waals surface area contributed by atoms with E-state index in [-0.39, 0.29) is 21.4 Å². The van der Waals surface area contributed by atoms with Gasteiger partial charge < -0.3 is 9.67 Å². The molecule has 0 fully saturated rings. The summed E-state index contributed by atoms with van der Waals surface area (Å²) in [5.74, 6) is -1.20. The number of anilines is 1. The van der Waals surface area contributed by atoms with E-state index in [0.29, 0.717) is 6.54 Å². The lowest BCUT2D eigenvalue weighted by Crippen LogP contribution is -2.12. The molecule has 0 unspecified atom stereocenters. The van der Waals surface area contributed by atoms with Crippen molar-refractivity contribution in [1.82, 2.24) is 9.55 Å². The maximum Gasteiger partial charge on any atom is 0.352 e. The van der Waals surface area contributed by atoms with Crippen LogP contribution in [0.2, 0.25) is 5.15 Å². The van der Waals surface area contributed by atoms with Crippen LogP contribution in [-0.4, -0.2) is 29.0 Å². The molecule has 2 aromatic heterocycles. The second-order valence-corrected chi connectivity index (χ2v) is 6.14. The number of halogens is 1. The lowest BCUT2D eigenvalue weighted by molar-refractivity contribution is 0.0685. The summed E-state index contributed by atoms with van der Waals surface area (Å²) in [6, 6.07) is 4.09. The first kappa shape index (κ1) is 15.3. The van der Waals surface area contributed by atoms with Crippen LogP contribution in [0.25, 0.3) is 0 Å². The maximum atomic E-state index is 12.3. The first-order chi connectivity index (χ1) is 9.85. The number of rotatable bonds is 5. The number of pyridine rings is 1. The van der Waals surface area contributed by atoms with Crippen LogP contribution in [0.5, 0.6) is 0 Å². The van der Waals surface area contributed by atoms with Crippen molar-refractivity contribution in [1.29, 1.82) is 0 Å². The number of carboxylic acids is 1. The van der Waals surface area contributed by atoms with Crippen molar-refractivity contribution >= 4 is 33.3 Å². The summed E-state index contributed by atoms with van der Waals surface area (Å²) >= 11 is 5.79. The average Bonchev–Trinajstić information content (AvgIpc) is 2.86. The Labute approximate surface area is 126 Å². The van der Waals surface area contributed by atoms with Crippen molar-refractivity contribution in [3.63, 3.8) is 0 Å². The fraction of sp³-hybridized carbons (Fsp3) is 0.167. The van der Waals surface area contributed by atoms with E-state index in [2.05, 4.69) is 9.71 Å². The highest BCUT2D eigenvalue weighted by Gasteiger charge is 2.21. The van der Waals surface area contributed by atoms with E-state index in [4.69, 9.17) is 16.7 Å². The fourth-order valence-electron chi connectivity index (χ4n) is 1.74. The number of nitrogens with zero attached hydrogens (tertiary/aromatic N) is 2. The number of carbonyl (C=O) groups is 1. The van der Waals surface area contributed by atoms with Crippen LogP contribution in [0.1, 0.15) is 17.4 Å². The molecule has 0 bridgehead atoms. The lowest BCUT2D eigenvalue weighted by atomic mass is 10.4. The monoisotopic (exact) mass is 329 g/mol. The molecular weight excluding hydrogens is 318 g/mol. The molecule has 2 rings (SSSR count). The highest BCUT2D eigenvalue weighted by atomic mass is 35.5. The Morgan fingerprint density at radius 2 is 2.24 bits per heavy atom. The number of sulfonamides is 1. The number of hydrogen-bond donors (Lipinski definition) is 2. The van der Waals surface area contributed by atoms with E-state index in [1.165, 1.54) is 29.1 Å². The molecule has 112 valence electrons. The van der Waals surface area contributed by atoms with Gasteiger partial charge >= 0.3 is 5.97 Å². The van der Waals surface area contributed by atoms with Crippen LogP contribution in [0.15, 0.2) is 35.5 Å². The van der Waals surface area contributed by atoms with E-state index in [9.17, 15) is 13.2 Å². The molecular formula is C12H12ClN3O4S. The summed E-state index contributed by atoms with van der Waals surface area (Å²) in [4.78, 5) is 14.7. The summed E-state index contributed by atoms with van der Waals surface area (Å²) in [6.45, 7) is 2.05. The molecule has 0 amide bonds. The highest BCUT2D eigenvalue weighted by molar-refractivity contribution is 7.92. The molecule has 2 aromatic rings. The van der Waals surface area contributed by atoms with E-state index in [1.54, 1.807) is 6.92 Å². The molecule has 0 spiro atoms. The summed E-state index contributed by atoms with van der Waals surface area (Å²) in [5.41, 5.74) is 0.0236. The Hall–Kier alpha value is -2.06. The number of aromatic carboxylic acids is 1. The van der Waals surface area contributed by atoms with Crippen molar-refractivity contribution in [3.8, 4) is 0 Å². The number of nitrogens with one attached hydrogen (secondary N) is 1. The third kappa shape index (κ3) is 3.17. The fourth-order valence-corrected chi connectivity index (χ4v) is 3.06. The molecule has 0 saturated carbocycles. The van der Waals surface area contributed by atoms with Crippen LogP contribution in [0.3, 0.4) is 0 Å². The lowest BCUT2D eigenvalue weighted by Gasteiger charge is -2.07. The van der Waals surface area contributed by atoms with Crippen molar-refractivity contribution in [3.05, 3.63) is 41.4 Å². The first-order valence-electron chi connectivity index (χ1n) is 5.92. The number of carboxylic acid groups (broad SMARTS) is 1. The van der Waals surface area contributed by atoms with Gasteiger partial charge in [-0.05, 0) is 25.1 Å². The molecule has 0 aromatic carbocycles. The van der Waals surface area contributed by atoms with Gasteiger partial charge in [0, 0.05) is 18.9 Å². The first-order valence-corrected chi connectivity index (χ1v) is 7.78. The Kier molecular flexibility index (Phi) is 4.19. The standard InChI is InChI=1S/C12H12ClN3O4S/c1-2-16-7-8(6-10(16)12(17)18)21(19,20)15-9-4-3-5-14-11(9)13/h3-7,15H,2H2,1H3,(H,17,18). The van der Waals surface area contributed by atoms with E-state index >= 15 is 0 Å². The summed E-state index contributed by atoms with van der Waals surface area (Å²) in [7, 11) is -3.94. The minimum atomic E-state index is -3.94. The van der Waals surface area contributed by atoms with E-state index in [0.717, 1.165) is 6.07 Å². The number of aryl methyl sites for hydroxylation is 1. The van der Waals surface area contributed by atoms with Crippen molar-refractivity contribution < 1.29 is 18.3 Å². The third-order valence-corrected chi connectivity index (χ3v) is 4.38. The van der Waals surface area contributed by atoms with E-state index < -0.39 is 16.0 Å². The quantitative estimate of drug-likeness (QED) is 0.817. The molecule has 0 radical (unpaired) electrons. The second kappa shape index (κ2) is 5.74. The van der Waals surface area contributed by atoms with Crippen molar-refractivity contribution in [2.45, 2.75) is 18.4 Å². The van der Waals surface area contributed by atoms with Gasteiger partial charge in [0.2, 0.25) is 0 Å². The topological polar surface area (TPSA) is 101 Å². The molecule has 0 aliphatic heterocycles. The molecule has 21 heavy (non-hydrogen) atoms. The zero-order valence-corrected chi connectivity index (χ0v) is 12.5. The Bertz CT molecular complexity index is 786. The summed E-state index contributed by atoms with van der Waals surface area (Å²) in [6.07, 6.45) is 2.69. The van der Waals surface area contributed by atoms with Crippen molar-refractivity contribution in [2.24, 2.45) is 0 Å². The van der Waals surface area contributed by atoms with Crippen LogP contribution in [-0.2, 0) is 16.6 Å². The molecule has 2 N–H and O–H groups in total. The van der Waals surface area contributed by atoms with Crippen LogP contribution in [0.4, 0.5) is 5.69 Å². The predicted molar refractivity (Wildman–Crippen MR) is 77.1 cm³/mol. The minimum absolute atomic E-state index is 0.00876. The molecule has 0 atom stereocenters. The Balaban J connectivity index is 2.41. The van der Waals surface area contributed by atoms with Gasteiger partial charge in [0.15, 0.2) is 5.15 Å². The summed E-state index contributed by atoms with van der Waals surface area (Å²) in [5, 5.41) is 9.05. The SMILES string of the molecule is CCn1cc(S(=O)(=O)Nc2cccnc2Cl)cc1C(=O)O. The van der Waals surface area contributed by atoms with Gasteiger partial charge in [-0.3, -0.25) is 4.72 Å². The molecule has 2 heterocycles. The average molecular weight is 330 g/mol. The molecule has 9 heteroatoms. The van der Waals surface area contributed by atoms with Gasteiger partial charge in [-0.2, -0.15) is 0 Å². The largest absolute Gasteiger partial charge is 0.477 e. The van der Waals surface area contributed by atoms with Gasteiger partial charge in [-0.15, -0.1) is 0 Å². The Morgan fingerprint density at radius 1 is 1.52 bits per heavy atom. The molecule has 0 saturated heterocycles. The molecule has 0 aliphatic carbocycles. The predicted octanol–water partition coefficient (Wildman–Crippen LogP) is 2.06. The van der Waals surface area contributed by atoms with Gasteiger partial charge in [-0.25, -0.2) is 18.2 Å². The zero-order chi connectivity index (χ0) is 15.6. The highest BCUT2D eigenvalue weighted by Crippen LogP contribution is 2.23. The van der Waals surface area contributed by atoms with Crippen LogP contribution >= 0.6 is 11.6 Å². The molecule has 7 nitrogen and oxygen atoms in total. The normalized spacial score (nSPS) is 11.3. The van der Waals surface area contributed by atoms with Crippen LogP contribution in [0, 0.1) is 0 Å². The number of aromatic nitrogens is 2. The summed E-state index contributed by atoms with van der Waals surface area (Å²) < 4.78 is 28.1. The van der Waals surface area contributed by atoms with Gasteiger partial charge in [0.05, 0.1) is 5.69 Å². The van der Waals surface area contributed by atoms with Crippen LogP contribution < -0.4 is 4.72 Å². The maximum absolute atomic E-state index is 12.3. The second-order valence-electron chi connectivity index (χ2n) is 4.10. The minimum Gasteiger partial charge on any atom is -0.477 e. The Morgan fingerprint density at radius 3 is 2.76 bits per heavy atom. The van der Waals surface area contributed by atoms with E-state index in [1.807, 2.05) is 0 Å².